The average Bonchev–Trinajstić information content (AvgIpc) is 2.53. The highest BCUT2D eigenvalue weighted by molar-refractivity contribution is 5.75. The Morgan fingerprint density at radius 3 is 2.36 bits per heavy atom. The van der Waals surface area contributed by atoms with Gasteiger partial charge < -0.3 is 9.84 Å². The smallest absolute Gasteiger partial charge is 0.354 e. The van der Waals surface area contributed by atoms with Crippen molar-refractivity contribution in [1.29, 1.82) is 0 Å². The number of nitrogens with zero attached hydrogens (tertiary/aromatic N) is 1. The van der Waals surface area contributed by atoms with Crippen LogP contribution in [0.5, 0.6) is 5.75 Å². The molecule has 0 aromatic heterocycles. The molecule has 1 aliphatic rings. The summed E-state index contributed by atoms with van der Waals surface area (Å²) in [6.07, 6.45) is 1.19. The lowest BCUT2D eigenvalue weighted by atomic mass is 9.95. The van der Waals surface area contributed by atoms with Gasteiger partial charge in [-0.2, -0.15) is 0 Å². The van der Waals surface area contributed by atoms with E-state index in [-0.39, 0.29) is 16.3 Å². The van der Waals surface area contributed by atoms with E-state index in [1.807, 2.05) is 44.3 Å². The summed E-state index contributed by atoms with van der Waals surface area (Å²) < 4.78 is 6.10. The normalized spacial score (nSPS) is 26.2. The van der Waals surface area contributed by atoms with Gasteiger partial charge in [0.05, 0.1) is 26.1 Å². The molecule has 0 aliphatic carbocycles. The molecule has 0 saturated carbocycles. The predicted octanol–water partition coefficient (Wildman–Crippen LogP) is 2.31. The Balaban J connectivity index is 2.03. The molecule has 1 aliphatic heterocycles. The van der Waals surface area contributed by atoms with E-state index < -0.39 is 12.1 Å². The first kappa shape index (κ1) is 16.5. The number of rotatable bonds is 5. The maximum Gasteiger partial charge on any atom is 0.354 e. The topological polar surface area (TPSA) is 63.6 Å². The van der Waals surface area contributed by atoms with Crippen LogP contribution in [0.3, 0.4) is 0 Å². The first-order valence-electron chi connectivity index (χ1n) is 7.79. The largest absolute Gasteiger partial charge is 0.481 e. The van der Waals surface area contributed by atoms with Gasteiger partial charge >= 0.3 is 11.9 Å². The third-order valence-electron chi connectivity index (χ3n) is 4.49. The molecular weight excluding hydrogens is 282 g/mol. The third-order valence-corrected chi connectivity index (χ3v) is 4.49. The lowest BCUT2D eigenvalue weighted by molar-refractivity contribution is -0.842. The molecule has 0 radical (unpaired) electrons. The minimum Gasteiger partial charge on any atom is -0.481 e. The summed E-state index contributed by atoms with van der Waals surface area (Å²) in [5, 5.41) is 9.08. The molecule has 1 amide bonds. The van der Waals surface area contributed by atoms with Gasteiger partial charge in [-0.05, 0) is 18.6 Å². The predicted molar refractivity (Wildman–Crippen MR) is 82.4 cm³/mol. The summed E-state index contributed by atoms with van der Waals surface area (Å²) in [4.78, 5) is 23.9. The lowest BCUT2D eigenvalue weighted by Crippen LogP contribution is -2.59. The first-order valence-corrected chi connectivity index (χ1v) is 7.79. The minimum absolute atomic E-state index is 0.0372. The number of hydrogen-bond donors (Lipinski definition) is 1. The van der Waals surface area contributed by atoms with Gasteiger partial charge in [-0.15, -0.1) is 0 Å². The zero-order valence-electron chi connectivity index (χ0n) is 13.2. The Morgan fingerprint density at radius 2 is 1.86 bits per heavy atom. The molecule has 1 N–H and O–H groups in total. The zero-order chi connectivity index (χ0) is 16.2. The average molecular weight is 306 g/mol. The molecule has 1 aromatic rings. The number of amides is 1. The number of likely N-dealkylation sites (N-methyl/N-ethyl adjacent to an activating group) is 1. The number of ether oxygens (including phenoxy) is 1. The van der Waals surface area contributed by atoms with Gasteiger partial charge in [-0.1, -0.05) is 25.1 Å². The molecule has 0 spiro atoms. The van der Waals surface area contributed by atoms with E-state index in [1.165, 1.54) is 0 Å². The molecule has 5 nitrogen and oxygen atoms in total. The molecular formula is C17H24NO4+. The summed E-state index contributed by atoms with van der Waals surface area (Å²) in [5.74, 6) is -0.356. The number of carboxylic acid groups (broad SMARTS) is 1. The lowest BCUT2D eigenvalue weighted by Gasteiger charge is -2.38. The van der Waals surface area contributed by atoms with Crippen LogP contribution in [-0.4, -0.2) is 47.7 Å². The minimum atomic E-state index is -0.758. The third kappa shape index (κ3) is 3.65. The molecule has 1 heterocycles. The van der Waals surface area contributed by atoms with E-state index in [0.717, 1.165) is 0 Å². The van der Waals surface area contributed by atoms with Gasteiger partial charge in [0, 0.05) is 12.8 Å². The van der Waals surface area contributed by atoms with Crippen molar-refractivity contribution in [2.24, 2.45) is 5.92 Å². The van der Waals surface area contributed by atoms with Crippen LogP contribution in [0.4, 0.5) is 0 Å². The van der Waals surface area contributed by atoms with Crippen molar-refractivity contribution < 1.29 is 23.9 Å². The number of carbonyl (C=O) groups excluding carboxylic acids is 1. The van der Waals surface area contributed by atoms with E-state index in [2.05, 4.69) is 0 Å². The monoisotopic (exact) mass is 306 g/mol. The van der Waals surface area contributed by atoms with Crippen LogP contribution in [-0.2, 0) is 9.59 Å². The Kier molecular flexibility index (Phi) is 5.19. The van der Waals surface area contributed by atoms with Crippen molar-refractivity contribution in [2.45, 2.75) is 32.3 Å². The summed E-state index contributed by atoms with van der Waals surface area (Å²) in [7, 11) is 1.89. The highest BCUT2D eigenvalue weighted by Gasteiger charge is 2.42. The zero-order valence-corrected chi connectivity index (χ0v) is 13.2. The Hall–Kier alpha value is -1.88. The van der Waals surface area contributed by atoms with Crippen molar-refractivity contribution in [3.05, 3.63) is 30.3 Å². The summed E-state index contributed by atoms with van der Waals surface area (Å²) in [6, 6.07) is 9.34. The van der Waals surface area contributed by atoms with Gasteiger partial charge in [-0.3, -0.25) is 9.28 Å². The Bertz CT molecular complexity index is 521. The van der Waals surface area contributed by atoms with Crippen molar-refractivity contribution >= 4 is 11.9 Å². The molecule has 1 fully saturated rings. The molecule has 1 atom stereocenters. The molecule has 0 bridgehead atoms. The fraction of sp³-hybridized carbons (Fsp3) is 0.529. The Morgan fingerprint density at radius 1 is 1.27 bits per heavy atom. The van der Waals surface area contributed by atoms with Gasteiger partial charge in [0.2, 0.25) is 6.10 Å². The van der Waals surface area contributed by atoms with E-state index in [1.54, 1.807) is 0 Å². The second-order valence-electron chi connectivity index (χ2n) is 6.12. The van der Waals surface area contributed by atoms with Crippen LogP contribution in [0.1, 0.15) is 26.2 Å². The number of para-hydroxylation sites is 1. The number of carbonyl (C=O) groups is 2. The highest BCUT2D eigenvalue weighted by Crippen LogP contribution is 2.25. The number of aliphatic carboxylic acids is 1. The van der Waals surface area contributed by atoms with Gasteiger partial charge in [-0.25, -0.2) is 4.79 Å². The van der Waals surface area contributed by atoms with Crippen LogP contribution >= 0.6 is 0 Å². The summed E-state index contributed by atoms with van der Waals surface area (Å²) in [6.45, 7) is 3.05. The fourth-order valence-corrected chi connectivity index (χ4v) is 2.92. The van der Waals surface area contributed by atoms with Crippen molar-refractivity contribution in [1.82, 2.24) is 0 Å². The standard InChI is InChI=1S/C17H23NO4/c1-3-15(22-14-7-5-4-6-8-14)16(19)18(2)11-9-13(10-12-18)17(20)21/h4-8,13,15H,3,9-12H2,1-2H3/p+1. The quantitative estimate of drug-likeness (QED) is 0.848. The summed E-state index contributed by atoms with van der Waals surface area (Å²) >= 11 is 0. The molecule has 1 unspecified atom stereocenters. The van der Waals surface area contributed by atoms with Crippen LogP contribution in [0.25, 0.3) is 0 Å². The maximum absolute atomic E-state index is 12.8. The number of carboxylic acids is 1. The molecule has 5 heteroatoms. The van der Waals surface area contributed by atoms with Gasteiger partial charge in [0.25, 0.3) is 0 Å². The van der Waals surface area contributed by atoms with Crippen LogP contribution in [0, 0.1) is 5.92 Å². The second kappa shape index (κ2) is 6.92. The number of benzene rings is 1. The SMILES string of the molecule is CCC(Oc1ccccc1)C(=O)[N+]1(C)CCC(C(=O)O)CC1. The van der Waals surface area contributed by atoms with Gasteiger partial charge in [0.1, 0.15) is 5.75 Å². The maximum atomic E-state index is 12.8. The van der Waals surface area contributed by atoms with Crippen molar-refractivity contribution in [3.63, 3.8) is 0 Å². The molecule has 22 heavy (non-hydrogen) atoms. The van der Waals surface area contributed by atoms with Crippen LogP contribution in [0.15, 0.2) is 30.3 Å². The fourth-order valence-electron chi connectivity index (χ4n) is 2.92. The molecule has 120 valence electrons. The van der Waals surface area contributed by atoms with E-state index in [0.29, 0.717) is 38.1 Å². The molecule has 1 saturated heterocycles. The highest BCUT2D eigenvalue weighted by atomic mass is 16.5. The Labute approximate surface area is 131 Å². The molecule has 2 rings (SSSR count). The van der Waals surface area contributed by atoms with E-state index >= 15 is 0 Å². The number of likely N-dealkylation sites (tertiary alicyclic amines) is 1. The van der Waals surface area contributed by atoms with Crippen molar-refractivity contribution in [3.8, 4) is 5.75 Å². The second-order valence-corrected chi connectivity index (χ2v) is 6.12. The first-order chi connectivity index (χ1) is 10.5. The molecule has 1 aromatic carbocycles. The number of piperidine rings is 1. The summed E-state index contributed by atoms with van der Waals surface area (Å²) in [5.41, 5.74) is 0. The van der Waals surface area contributed by atoms with Crippen LogP contribution < -0.4 is 4.74 Å². The number of hydrogen-bond acceptors (Lipinski definition) is 3. The number of quaternary nitrogens is 1. The van der Waals surface area contributed by atoms with E-state index in [9.17, 15) is 9.59 Å². The van der Waals surface area contributed by atoms with Crippen molar-refractivity contribution in [2.75, 3.05) is 20.1 Å². The van der Waals surface area contributed by atoms with Gasteiger partial charge in [0.15, 0.2) is 0 Å². The van der Waals surface area contributed by atoms with Crippen LogP contribution in [0.2, 0.25) is 0 Å². The van der Waals surface area contributed by atoms with E-state index in [4.69, 9.17) is 9.84 Å².